The maximum absolute atomic E-state index is 13.3. The lowest BCUT2D eigenvalue weighted by Gasteiger charge is -2.36. The van der Waals surface area contributed by atoms with E-state index in [1.807, 2.05) is 4.90 Å². The Bertz CT molecular complexity index is 715. The number of carbonyl (C=O) groups is 1. The van der Waals surface area contributed by atoms with Gasteiger partial charge in [0.15, 0.2) is 0 Å². The largest absolute Gasteiger partial charge is 0.416 e. The van der Waals surface area contributed by atoms with E-state index in [1.165, 1.54) is 6.07 Å². The van der Waals surface area contributed by atoms with Gasteiger partial charge in [-0.15, -0.1) is 0 Å². The number of carbonyl (C=O) groups excluding carboxylic acids is 1. The number of aliphatic hydroxyl groups is 1. The number of hydrogen-bond acceptors (Lipinski definition) is 4. The van der Waals surface area contributed by atoms with E-state index in [-0.39, 0.29) is 18.3 Å². The highest BCUT2D eigenvalue weighted by molar-refractivity contribution is 5.93. The van der Waals surface area contributed by atoms with E-state index in [4.69, 9.17) is 4.74 Å². The molecule has 2 amide bonds. The summed E-state index contributed by atoms with van der Waals surface area (Å²) < 4.78 is 45.3. The Morgan fingerprint density at radius 2 is 1.93 bits per heavy atom. The molecule has 1 aromatic rings. The molecule has 1 saturated carbocycles. The van der Waals surface area contributed by atoms with E-state index in [9.17, 15) is 23.1 Å². The average molecular weight is 429 g/mol. The maximum Gasteiger partial charge on any atom is 0.416 e. The molecule has 1 aromatic carbocycles. The van der Waals surface area contributed by atoms with Crippen molar-refractivity contribution in [1.29, 1.82) is 0 Å². The molecule has 0 radical (unpaired) electrons. The standard InChI is InChI=1S/C21H30F3N3O3/c1-15(28)14-27(17-5-3-2-4-6-17)20(29)25-18-13-16(21(22,23)24)7-8-19(18)26-9-11-30-12-10-26/h7-8,13,15,17,28H,2-6,9-12,14H2,1H3,(H,25,29)/t15-/m0/s1. The van der Waals surface area contributed by atoms with Crippen molar-refractivity contribution >= 4 is 17.4 Å². The monoisotopic (exact) mass is 429 g/mol. The summed E-state index contributed by atoms with van der Waals surface area (Å²) in [4.78, 5) is 16.6. The van der Waals surface area contributed by atoms with E-state index in [0.717, 1.165) is 44.2 Å². The molecule has 2 fully saturated rings. The van der Waals surface area contributed by atoms with Gasteiger partial charge in [-0.1, -0.05) is 19.3 Å². The molecule has 2 N–H and O–H groups in total. The quantitative estimate of drug-likeness (QED) is 0.740. The minimum atomic E-state index is -4.51. The van der Waals surface area contributed by atoms with Crippen LogP contribution < -0.4 is 10.2 Å². The zero-order valence-electron chi connectivity index (χ0n) is 17.2. The molecule has 1 aliphatic heterocycles. The molecule has 30 heavy (non-hydrogen) atoms. The number of nitrogens with one attached hydrogen (secondary N) is 1. The molecule has 0 spiro atoms. The summed E-state index contributed by atoms with van der Waals surface area (Å²) >= 11 is 0. The maximum atomic E-state index is 13.3. The molecule has 1 heterocycles. The summed E-state index contributed by atoms with van der Waals surface area (Å²) in [6.07, 6.45) is -0.467. The number of halogens is 3. The lowest BCUT2D eigenvalue weighted by atomic mass is 9.94. The Hall–Kier alpha value is -2.00. The van der Waals surface area contributed by atoms with Gasteiger partial charge in [-0.2, -0.15) is 13.2 Å². The van der Waals surface area contributed by atoms with E-state index < -0.39 is 23.9 Å². The number of hydrogen-bond donors (Lipinski definition) is 2. The van der Waals surface area contributed by atoms with Gasteiger partial charge < -0.3 is 25.0 Å². The van der Waals surface area contributed by atoms with Crippen molar-refractivity contribution < 1.29 is 27.8 Å². The van der Waals surface area contributed by atoms with Crippen LogP contribution in [0.25, 0.3) is 0 Å². The Balaban J connectivity index is 1.87. The SMILES string of the molecule is C[C@H](O)CN(C(=O)Nc1cc(C(F)(F)F)ccc1N1CCOCC1)C1CCCCC1. The predicted molar refractivity (Wildman–Crippen MR) is 109 cm³/mol. The van der Waals surface area contributed by atoms with Gasteiger partial charge in [0, 0.05) is 25.7 Å². The Morgan fingerprint density at radius 1 is 1.27 bits per heavy atom. The zero-order valence-corrected chi connectivity index (χ0v) is 17.2. The fraction of sp³-hybridized carbons (Fsp3) is 0.667. The predicted octanol–water partition coefficient (Wildman–Crippen LogP) is 4.09. The van der Waals surface area contributed by atoms with E-state index in [2.05, 4.69) is 5.32 Å². The van der Waals surface area contributed by atoms with Crippen LogP contribution in [0.1, 0.15) is 44.6 Å². The van der Waals surface area contributed by atoms with Gasteiger partial charge in [0.05, 0.1) is 36.3 Å². The first-order valence-corrected chi connectivity index (χ1v) is 10.6. The molecule has 0 aromatic heterocycles. The van der Waals surface area contributed by atoms with Gasteiger partial charge >= 0.3 is 12.2 Å². The van der Waals surface area contributed by atoms with Gasteiger partial charge in [0.1, 0.15) is 0 Å². The van der Waals surface area contributed by atoms with Crippen LogP contribution in [0.15, 0.2) is 18.2 Å². The van der Waals surface area contributed by atoms with E-state index in [0.29, 0.717) is 32.0 Å². The number of anilines is 2. The van der Waals surface area contributed by atoms with Crippen LogP contribution in [0.5, 0.6) is 0 Å². The van der Waals surface area contributed by atoms with Gasteiger partial charge in [-0.3, -0.25) is 0 Å². The Labute approximate surface area is 175 Å². The van der Waals surface area contributed by atoms with Crippen LogP contribution in [0.2, 0.25) is 0 Å². The van der Waals surface area contributed by atoms with Crippen molar-refractivity contribution in [3.8, 4) is 0 Å². The minimum Gasteiger partial charge on any atom is -0.392 e. The topological polar surface area (TPSA) is 65.0 Å². The first-order valence-electron chi connectivity index (χ1n) is 10.6. The van der Waals surface area contributed by atoms with E-state index >= 15 is 0 Å². The fourth-order valence-electron chi connectivity index (χ4n) is 4.15. The molecule has 1 atom stereocenters. The molecule has 6 nitrogen and oxygen atoms in total. The van der Waals surface area contributed by atoms with Crippen molar-refractivity contribution in [1.82, 2.24) is 4.90 Å². The van der Waals surface area contributed by atoms with Gasteiger partial charge in [-0.25, -0.2) is 4.79 Å². The third-order valence-corrected chi connectivity index (χ3v) is 5.65. The smallest absolute Gasteiger partial charge is 0.392 e. The summed E-state index contributed by atoms with van der Waals surface area (Å²) in [6, 6.07) is 2.94. The third kappa shape index (κ3) is 5.78. The van der Waals surface area contributed by atoms with E-state index in [1.54, 1.807) is 11.8 Å². The summed E-state index contributed by atoms with van der Waals surface area (Å²) in [6.45, 7) is 3.77. The van der Waals surface area contributed by atoms with Gasteiger partial charge in [-0.05, 0) is 38.0 Å². The number of nitrogens with zero attached hydrogens (tertiary/aromatic N) is 2. The number of alkyl halides is 3. The van der Waals surface area contributed by atoms with Crippen molar-refractivity contribution in [2.75, 3.05) is 43.1 Å². The number of benzene rings is 1. The lowest BCUT2D eigenvalue weighted by Crippen LogP contribution is -2.47. The minimum absolute atomic E-state index is 0.0222. The summed E-state index contributed by atoms with van der Waals surface area (Å²) in [7, 11) is 0. The highest BCUT2D eigenvalue weighted by atomic mass is 19.4. The number of morpholine rings is 1. The average Bonchev–Trinajstić information content (AvgIpc) is 2.72. The second-order valence-corrected chi connectivity index (χ2v) is 8.05. The van der Waals surface area contributed by atoms with Crippen LogP contribution in [-0.2, 0) is 10.9 Å². The molecule has 9 heteroatoms. The number of rotatable bonds is 5. The first-order chi connectivity index (χ1) is 14.3. The van der Waals surface area contributed by atoms with Crippen molar-refractivity contribution in [3.63, 3.8) is 0 Å². The van der Waals surface area contributed by atoms with Gasteiger partial charge in [0.25, 0.3) is 0 Å². The molecule has 168 valence electrons. The van der Waals surface area contributed by atoms with Crippen molar-refractivity contribution in [2.24, 2.45) is 0 Å². The summed E-state index contributed by atoms with van der Waals surface area (Å²) in [5, 5.41) is 12.6. The van der Waals surface area contributed by atoms with Gasteiger partial charge in [0.2, 0.25) is 0 Å². The zero-order chi connectivity index (χ0) is 21.7. The molecular weight excluding hydrogens is 399 g/mol. The molecule has 1 saturated heterocycles. The van der Waals surface area contributed by atoms with Crippen molar-refractivity contribution in [3.05, 3.63) is 23.8 Å². The second-order valence-electron chi connectivity index (χ2n) is 8.05. The number of urea groups is 1. The first kappa shape index (κ1) is 22.7. The number of aliphatic hydroxyl groups excluding tert-OH is 1. The fourth-order valence-corrected chi connectivity index (χ4v) is 4.15. The normalized spacial score (nSPS) is 19.4. The lowest BCUT2D eigenvalue weighted by molar-refractivity contribution is -0.137. The highest BCUT2D eigenvalue weighted by Gasteiger charge is 2.33. The second kappa shape index (κ2) is 9.87. The van der Waals surface area contributed by atoms with Crippen molar-refractivity contribution in [2.45, 2.75) is 57.3 Å². The Kier molecular flexibility index (Phi) is 7.46. The molecule has 0 bridgehead atoms. The third-order valence-electron chi connectivity index (χ3n) is 5.65. The summed E-state index contributed by atoms with van der Waals surface area (Å²) in [5.74, 6) is 0. The summed E-state index contributed by atoms with van der Waals surface area (Å²) in [5.41, 5.74) is -0.141. The molecule has 0 unspecified atom stereocenters. The van der Waals surface area contributed by atoms with Crippen LogP contribution in [-0.4, -0.2) is 61.0 Å². The number of amides is 2. The molecule has 3 rings (SSSR count). The van der Waals surface area contributed by atoms with Crippen LogP contribution >= 0.6 is 0 Å². The van der Waals surface area contributed by atoms with Crippen LogP contribution in [0.4, 0.5) is 29.3 Å². The molecular formula is C21H30F3N3O3. The Morgan fingerprint density at radius 3 is 2.53 bits per heavy atom. The molecule has 1 aliphatic carbocycles. The van der Waals surface area contributed by atoms with Crippen LogP contribution in [0, 0.1) is 0 Å². The van der Waals surface area contributed by atoms with Crippen LogP contribution in [0.3, 0.4) is 0 Å². The molecule has 2 aliphatic rings. The number of ether oxygens (including phenoxy) is 1. The highest BCUT2D eigenvalue weighted by Crippen LogP contribution is 2.36.